The van der Waals surface area contributed by atoms with Gasteiger partial charge in [0.05, 0.1) is 27.8 Å². The molecule has 0 fully saturated rings. The summed E-state index contributed by atoms with van der Waals surface area (Å²) in [5.41, 5.74) is -0.641. The van der Waals surface area contributed by atoms with Crippen LogP contribution < -0.4 is 10.6 Å². The van der Waals surface area contributed by atoms with Gasteiger partial charge >= 0.3 is 6.03 Å². The lowest BCUT2D eigenvalue weighted by atomic mass is 10.0. The Morgan fingerprint density at radius 2 is 2.20 bits per heavy atom. The van der Waals surface area contributed by atoms with Crippen LogP contribution in [0.2, 0.25) is 5.02 Å². The summed E-state index contributed by atoms with van der Waals surface area (Å²) >= 11 is 5.86. The van der Waals surface area contributed by atoms with Crippen molar-refractivity contribution in [1.82, 2.24) is 5.32 Å². The Hall–Kier alpha value is -1.86. The Bertz CT molecular complexity index is 517. The van der Waals surface area contributed by atoms with Crippen LogP contribution in [0, 0.1) is 10.1 Å². The van der Waals surface area contributed by atoms with Crippen molar-refractivity contribution in [3.05, 3.63) is 33.3 Å². The van der Waals surface area contributed by atoms with Gasteiger partial charge in [0, 0.05) is 12.1 Å². The number of anilines is 1. The third kappa shape index (κ3) is 4.07. The summed E-state index contributed by atoms with van der Waals surface area (Å²) in [5.74, 6) is 0. The number of benzene rings is 1. The molecule has 0 aliphatic carbocycles. The van der Waals surface area contributed by atoms with Gasteiger partial charge in [-0.3, -0.25) is 10.1 Å². The number of hydrogen-bond donors (Lipinski definition) is 3. The number of urea groups is 1. The first-order valence-electron chi connectivity index (χ1n) is 5.95. The maximum absolute atomic E-state index is 11.8. The number of rotatable bonds is 5. The van der Waals surface area contributed by atoms with Gasteiger partial charge in [0.1, 0.15) is 0 Å². The third-order valence-electron chi connectivity index (χ3n) is 2.96. The number of halogens is 1. The van der Waals surface area contributed by atoms with Gasteiger partial charge in [-0.15, -0.1) is 0 Å². The fourth-order valence-corrected chi connectivity index (χ4v) is 1.61. The van der Waals surface area contributed by atoms with Crippen molar-refractivity contribution in [2.45, 2.75) is 25.8 Å². The molecule has 8 heteroatoms. The number of aliphatic hydroxyl groups excluding tert-OH is 1. The molecular formula is C12H16ClN3O4. The van der Waals surface area contributed by atoms with Crippen molar-refractivity contribution in [2.75, 3.05) is 11.9 Å². The standard InChI is InChI=1S/C12H16ClN3O4/c1-3-12(2,7-17)15-11(18)14-10-5-4-8(16(19)20)6-9(10)13/h4-6,17H,3,7H2,1-2H3,(H2,14,15,18). The average molecular weight is 302 g/mol. The van der Waals surface area contributed by atoms with E-state index in [-0.39, 0.29) is 23.0 Å². The second kappa shape index (κ2) is 6.53. The molecule has 0 radical (unpaired) electrons. The number of carbonyl (C=O) groups is 1. The summed E-state index contributed by atoms with van der Waals surface area (Å²) in [5, 5.41) is 24.9. The smallest absolute Gasteiger partial charge is 0.319 e. The highest BCUT2D eigenvalue weighted by Crippen LogP contribution is 2.26. The van der Waals surface area contributed by atoms with Gasteiger partial charge in [0.2, 0.25) is 0 Å². The minimum atomic E-state index is -0.739. The SMILES string of the molecule is CCC(C)(CO)NC(=O)Nc1ccc([N+](=O)[O-])cc1Cl. The Morgan fingerprint density at radius 3 is 2.65 bits per heavy atom. The third-order valence-corrected chi connectivity index (χ3v) is 3.27. The summed E-state index contributed by atoms with van der Waals surface area (Å²) in [7, 11) is 0. The Morgan fingerprint density at radius 1 is 1.55 bits per heavy atom. The van der Waals surface area contributed by atoms with Crippen LogP contribution in [0.25, 0.3) is 0 Å². The molecule has 0 aromatic heterocycles. The molecule has 3 N–H and O–H groups in total. The largest absolute Gasteiger partial charge is 0.394 e. The van der Waals surface area contributed by atoms with E-state index >= 15 is 0 Å². The molecule has 0 spiro atoms. The van der Waals surface area contributed by atoms with E-state index < -0.39 is 16.5 Å². The number of aliphatic hydroxyl groups is 1. The molecule has 7 nitrogen and oxygen atoms in total. The van der Waals surface area contributed by atoms with E-state index in [1.54, 1.807) is 6.92 Å². The first-order chi connectivity index (χ1) is 9.31. The highest BCUT2D eigenvalue weighted by Gasteiger charge is 2.23. The fourth-order valence-electron chi connectivity index (χ4n) is 1.39. The zero-order valence-corrected chi connectivity index (χ0v) is 11.9. The van der Waals surface area contributed by atoms with E-state index in [0.717, 1.165) is 6.07 Å². The lowest BCUT2D eigenvalue weighted by molar-refractivity contribution is -0.384. The number of carbonyl (C=O) groups excluding carboxylic acids is 1. The second-order valence-corrected chi connectivity index (χ2v) is 4.98. The normalized spacial score (nSPS) is 13.4. The predicted octanol–water partition coefficient (Wildman–Crippen LogP) is 2.53. The lowest BCUT2D eigenvalue weighted by Gasteiger charge is -2.27. The Labute approximate surface area is 121 Å². The van der Waals surface area contributed by atoms with Crippen molar-refractivity contribution in [3.8, 4) is 0 Å². The number of hydrogen-bond acceptors (Lipinski definition) is 4. The van der Waals surface area contributed by atoms with Crippen LogP contribution in [0.1, 0.15) is 20.3 Å². The topological polar surface area (TPSA) is 104 Å². The number of nitro groups is 1. The van der Waals surface area contributed by atoms with Crippen LogP contribution in [-0.4, -0.2) is 28.2 Å². The molecule has 20 heavy (non-hydrogen) atoms. The van der Waals surface area contributed by atoms with Gasteiger partial charge in [-0.1, -0.05) is 18.5 Å². The molecule has 0 aliphatic heterocycles. The van der Waals surface area contributed by atoms with E-state index in [1.807, 2.05) is 6.92 Å². The summed E-state index contributed by atoms with van der Waals surface area (Å²) in [6, 6.07) is 3.20. The van der Waals surface area contributed by atoms with E-state index in [0.29, 0.717) is 6.42 Å². The summed E-state index contributed by atoms with van der Waals surface area (Å²) in [4.78, 5) is 21.8. The lowest BCUT2D eigenvalue weighted by Crippen LogP contribution is -2.50. The molecule has 110 valence electrons. The van der Waals surface area contributed by atoms with Gasteiger partial charge in [0.25, 0.3) is 5.69 Å². The average Bonchev–Trinajstić information content (AvgIpc) is 2.40. The zero-order valence-electron chi connectivity index (χ0n) is 11.1. The van der Waals surface area contributed by atoms with Crippen molar-refractivity contribution in [3.63, 3.8) is 0 Å². The van der Waals surface area contributed by atoms with Gasteiger partial charge < -0.3 is 15.7 Å². The fraction of sp³-hybridized carbons (Fsp3) is 0.417. The van der Waals surface area contributed by atoms with Crippen molar-refractivity contribution in [2.24, 2.45) is 0 Å². The monoisotopic (exact) mass is 301 g/mol. The molecule has 0 heterocycles. The van der Waals surface area contributed by atoms with Gasteiger partial charge in [-0.2, -0.15) is 0 Å². The number of non-ortho nitro benzene ring substituents is 1. The van der Waals surface area contributed by atoms with Crippen molar-refractivity contribution in [1.29, 1.82) is 0 Å². The van der Waals surface area contributed by atoms with Gasteiger partial charge in [0.15, 0.2) is 0 Å². The zero-order chi connectivity index (χ0) is 15.3. The highest BCUT2D eigenvalue weighted by atomic mass is 35.5. The second-order valence-electron chi connectivity index (χ2n) is 4.57. The first-order valence-corrected chi connectivity index (χ1v) is 6.33. The number of amides is 2. The molecule has 2 amide bonds. The van der Waals surface area contributed by atoms with Crippen molar-refractivity contribution < 1.29 is 14.8 Å². The minimum absolute atomic E-state index is 0.0663. The van der Waals surface area contributed by atoms with Crippen LogP contribution >= 0.6 is 11.6 Å². The Balaban J connectivity index is 2.79. The molecule has 1 atom stereocenters. The van der Waals surface area contributed by atoms with Crippen molar-refractivity contribution >= 4 is 29.0 Å². The van der Waals surface area contributed by atoms with E-state index in [2.05, 4.69) is 10.6 Å². The minimum Gasteiger partial charge on any atom is -0.394 e. The molecular weight excluding hydrogens is 286 g/mol. The van der Waals surface area contributed by atoms with E-state index in [9.17, 15) is 20.0 Å². The molecule has 1 aromatic carbocycles. The van der Waals surface area contributed by atoms with Gasteiger partial charge in [-0.25, -0.2) is 4.79 Å². The molecule has 0 bridgehead atoms. The summed E-state index contributed by atoms with van der Waals surface area (Å²) in [6.45, 7) is 3.32. The Kier molecular flexibility index (Phi) is 5.29. The van der Waals surface area contributed by atoms with E-state index in [4.69, 9.17) is 11.6 Å². The van der Waals surface area contributed by atoms with Crippen LogP contribution in [0.4, 0.5) is 16.2 Å². The quantitative estimate of drug-likeness (QED) is 0.574. The maximum Gasteiger partial charge on any atom is 0.319 e. The number of nitro benzene ring substituents is 1. The maximum atomic E-state index is 11.8. The number of nitrogens with one attached hydrogen (secondary N) is 2. The summed E-state index contributed by atoms with van der Waals surface area (Å²) < 4.78 is 0. The highest BCUT2D eigenvalue weighted by molar-refractivity contribution is 6.33. The summed E-state index contributed by atoms with van der Waals surface area (Å²) in [6.07, 6.45) is 0.547. The number of nitrogens with zero attached hydrogens (tertiary/aromatic N) is 1. The molecule has 0 saturated heterocycles. The van der Waals surface area contributed by atoms with Crippen LogP contribution in [0.5, 0.6) is 0 Å². The molecule has 1 unspecified atom stereocenters. The van der Waals surface area contributed by atoms with Crippen LogP contribution in [-0.2, 0) is 0 Å². The van der Waals surface area contributed by atoms with Gasteiger partial charge in [-0.05, 0) is 19.4 Å². The van der Waals surface area contributed by atoms with E-state index in [1.165, 1.54) is 12.1 Å². The molecule has 0 saturated carbocycles. The van der Waals surface area contributed by atoms with Crippen LogP contribution in [0.15, 0.2) is 18.2 Å². The molecule has 1 aromatic rings. The first kappa shape index (κ1) is 16.2. The molecule has 0 aliphatic rings. The molecule has 1 rings (SSSR count). The predicted molar refractivity (Wildman–Crippen MR) is 76.0 cm³/mol. The van der Waals surface area contributed by atoms with Crippen LogP contribution in [0.3, 0.4) is 0 Å².